The number of aryl methyl sites for hydroxylation is 3. The number of carboxylic acids is 1. The summed E-state index contributed by atoms with van der Waals surface area (Å²) in [6.45, 7) is 3.18. The van der Waals surface area contributed by atoms with E-state index in [1.807, 2.05) is 4.90 Å². The molecule has 206 valence electrons. The van der Waals surface area contributed by atoms with E-state index < -0.39 is 17.8 Å². The van der Waals surface area contributed by atoms with Gasteiger partial charge in [-0.1, -0.05) is 12.1 Å². The van der Waals surface area contributed by atoms with Crippen LogP contribution in [0.2, 0.25) is 0 Å². The standard InChI is InChI=1S/C30H39FN2O5/c31-23-10-8-22(19-38-26-13-16-36-20-26)27(17-23)29(30(34)35)33-14-12-25(18-33)37-15-4-3-6-24-11-9-21-5-1-2-7-28(21)32-24/h8-11,17,25-26,29H,1-7,12-16,18-20H2,(H,34,35)/t25-,26-,29?/m1/s1. The van der Waals surface area contributed by atoms with Gasteiger partial charge in [0.15, 0.2) is 0 Å². The average molecular weight is 527 g/mol. The summed E-state index contributed by atoms with van der Waals surface area (Å²) in [6.07, 6.45) is 9.20. The van der Waals surface area contributed by atoms with E-state index >= 15 is 0 Å². The van der Waals surface area contributed by atoms with Crippen LogP contribution < -0.4 is 0 Å². The molecule has 8 heteroatoms. The molecule has 0 saturated carbocycles. The van der Waals surface area contributed by atoms with Crippen LogP contribution in [-0.4, -0.2) is 66.1 Å². The van der Waals surface area contributed by atoms with Crippen molar-refractivity contribution >= 4 is 5.97 Å². The highest BCUT2D eigenvalue weighted by molar-refractivity contribution is 5.76. The maximum atomic E-state index is 14.2. The number of fused-ring (bicyclic) bond motifs is 1. The second-order valence-electron chi connectivity index (χ2n) is 10.7. The Labute approximate surface area is 224 Å². The van der Waals surface area contributed by atoms with E-state index in [4.69, 9.17) is 19.2 Å². The maximum absolute atomic E-state index is 14.2. The number of hydrogen-bond donors (Lipinski definition) is 1. The minimum Gasteiger partial charge on any atom is -0.480 e. The first-order valence-electron chi connectivity index (χ1n) is 14.1. The van der Waals surface area contributed by atoms with Crippen molar-refractivity contribution in [3.05, 3.63) is 64.2 Å². The number of carbonyl (C=O) groups is 1. The number of ether oxygens (including phenoxy) is 3. The van der Waals surface area contributed by atoms with Crippen molar-refractivity contribution in [2.75, 3.05) is 32.9 Å². The number of hydrogen-bond acceptors (Lipinski definition) is 6. The predicted octanol–water partition coefficient (Wildman–Crippen LogP) is 4.64. The SMILES string of the molecule is O=C(O)C(c1cc(F)ccc1CO[C@@H]1CCOC1)N1CC[C@@H](OCCCCc2ccc3c(n2)CCCC3)C1. The van der Waals surface area contributed by atoms with E-state index in [-0.39, 0.29) is 18.8 Å². The number of aromatic nitrogens is 1. The Hall–Kier alpha value is -2.39. The lowest BCUT2D eigenvalue weighted by Gasteiger charge is -2.27. The summed E-state index contributed by atoms with van der Waals surface area (Å²) in [5.74, 6) is -1.43. The van der Waals surface area contributed by atoms with Crippen molar-refractivity contribution in [3.8, 4) is 0 Å². The molecule has 7 nitrogen and oxygen atoms in total. The van der Waals surface area contributed by atoms with Gasteiger partial charge in [0.05, 0.1) is 25.4 Å². The Morgan fingerprint density at radius 1 is 1.13 bits per heavy atom. The quantitative estimate of drug-likeness (QED) is 0.404. The highest BCUT2D eigenvalue weighted by atomic mass is 19.1. The topological polar surface area (TPSA) is 81.1 Å². The number of pyridine rings is 1. The zero-order chi connectivity index (χ0) is 26.3. The van der Waals surface area contributed by atoms with Gasteiger partial charge in [0.25, 0.3) is 0 Å². The summed E-state index contributed by atoms with van der Waals surface area (Å²) in [6, 6.07) is 7.82. The van der Waals surface area contributed by atoms with Gasteiger partial charge in [-0.05, 0) is 92.7 Å². The van der Waals surface area contributed by atoms with Crippen molar-refractivity contribution in [1.82, 2.24) is 9.88 Å². The molecule has 0 spiro atoms. The van der Waals surface area contributed by atoms with E-state index in [0.29, 0.717) is 44.0 Å². The number of benzene rings is 1. The lowest BCUT2D eigenvalue weighted by molar-refractivity contribution is -0.143. The highest BCUT2D eigenvalue weighted by Crippen LogP contribution is 2.31. The fraction of sp³-hybridized carbons (Fsp3) is 0.600. The van der Waals surface area contributed by atoms with Gasteiger partial charge in [0.2, 0.25) is 0 Å². The van der Waals surface area contributed by atoms with Crippen LogP contribution >= 0.6 is 0 Å². The number of rotatable bonds is 12. The normalized spacial score (nSPS) is 22.4. The van der Waals surface area contributed by atoms with Gasteiger partial charge >= 0.3 is 5.97 Å². The molecule has 0 radical (unpaired) electrons. The van der Waals surface area contributed by atoms with Crippen LogP contribution in [0.25, 0.3) is 0 Å². The van der Waals surface area contributed by atoms with Crippen LogP contribution in [0.5, 0.6) is 0 Å². The number of likely N-dealkylation sites (tertiary alicyclic amines) is 1. The van der Waals surface area contributed by atoms with Crippen molar-refractivity contribution in [2.24, 2.45) is 0 Å². The van der Waals surface area contributed by atoms with Gasteiger partial charge in [-0.2, -0.15) is 0 Å². The number of carboxylic acid groups (broad SMARTS) is 1. The molecule has 2 aromatic rings. The van der Waals surface area contributed by atoms with Crippen molar-refractivity contribution in [1.29, 1.82) is 0 Å². The zero-order valence-corrected chi connectivity index (χ0v) is 22.1. The third kappa shape index (κ3) is 6.97. The minimum absolute atomic E-state index is 0.0104. The Morgan fingerprint density at radius 3 is 2.87 bits per heavy atom. The van der Waals surface area contributed by atoms with Crippen LogP contribution in [0.4, 0.5) is 4.39 Å². The van der Waals surface area contributed by atoms with Crippen LogP contribution in [-0.2, 0) is 44.9 Å². The van der Waals surface area contributed by atoms with Crippen molar-refractivity contribution in [3.63, 3.8) is 0 Å². The van der Waals surface area contributed by atoms with Crippen LogP contribution in [0, 0.1) is 5.82 Å². The molecule has 3 aliphatic rings. The molecule has 38 heavy (non-hydrogen) atoms. The predicted molar refractivity (Wildman–Crippen MR) is 141 cm³/mol. The first-order valence-corrected chi connectivity index (χ1v) is 14.1. The van der Waals surface area contributed by atoms with Crippen LogP contribution in [0.3, 0.4) is 0 Å². The number of nitrogens with zero attached hydrogens (tertiary/aromatic N) is 2. The van der Waals surface area contributed by atoms with E-state index in [1.54, 1.807) is 6.07 Å². The maximum Gasteiger partial charge on any atom is 0.325 e. The Kier molecular flexibility index (Phi) is 9.38. The lowest BCUT2D eigenvalue weighted by atomic mass is 9.95. The smallest absolute Gasteiger partial charge is 0.325 e. The largest absolute Gasteiger partial charge is 0.480 e. The van der Waals surface area contributed by atoms with Crippen LogP contribution in [0.15, 0.2) is 30.3 Å². The van der Waals surface area contributed by atoms with Gasteiger partial charge in [-0.25, -0.2) is 4.39 Å². The molecule has 3 atom stereocenters. The van der Waals surface area contributed by atoms with Crippen LogP contribution in [0.1, 0.15) is 72.6 Å². The third-order valence-corrected chi connectivity index (χ3v) is 7.96. The molecule has 3 heterocycles. The molecule has 1 aromatic heterocycles. The molecule has 1 N–H and O–H groups in total. The minimum atomic E-state index is -0.987. The van der Waals surface area contributed by atoms with E-state index in [1.165, 1.54) is 36.2 Å². The fourth-order valence-corrected chi connectivity index (χ4v) is 5.84. The summed E-state index contributed by atoms with van der Waals surface area (Å²) in [5.41, 5.74) is 5.01. The van der Waals surface area contributed by atoms with E-state index in [0.717, 1.165) is 50.6 Å². The molecule has 1 aromatic carbocycles. The number of unbranched alkanes of at least 4 members (excludes halogenated alkanes) is 1. The van der Waals surface area contributed by atoms with E-state index in [2.05, 4.69) is 12.1 Å². The van der Waals surface area contributed by atoms with Gasteiger partial charge in [0.1, 0.15) is 11.9 Å². The van der Waals surface area contributed by atoms with Gasteiger partial charge < -0.3 is 19.3 Å². The summed E-state index contributed by atoms with van der Waals surface area (Å²) in [7, 11) is 0. The first kappa shape index (κ1) is 27.2. The Morgan fingerprint density at radius 2 is 2.03 bits per heavy atom. The Bertz CT molecular complexity index is 1090. The molecular weight excluding hydrogens is 487 g/mol. The number of halogens is 1. The Balaban J connectivity index is 1.11. The van der Waals surface area contributed by atoms with E-state index in [9.17, 15) is 14.3 Å². The second-order valence-corrected chi connectivity index (χ2v) is 10.7. The summed E-state index contributed by atoms with van der Waals surface area (Å²) in [4.78, 5) is 19.1. The number of aliphatic carboxylic acids is 1. The zero-order valence-electron chi connectivity index (χ0n) is 22.1. The monoisotopic (exact) mass is 526 g/mol. The fourth-order valence-electron chi connectivity index (χ4n) is 5.84. The molecule has 2 aliphatic heterocycles. The highest BCUT2D eigenvalue weighted by Gasteiger charge is 2.35. The molecule has 1 aliphatic carbocycles. The molecule has 2 saturated heterocycles. The molecule has 1 unspecified atom stereocenters. The summed E-state index contributed by atoms with van der Waals surface area (Å²) in [5, 5.41) is 10.1. The summed E-state index contributed by atoms with van der Waals surface area (Å²) < 4.78 is 31.6. The van der Waals surface area contributed by atoms with Crippen molar-refractivity contribution < 1.29 is 28.5 Å². The average Bonchev–Trinajstić information content (AvgIpc) is 3.60. The van der Waals surface area contributed by atoms with Gasteiger partial charge in [-0.3, -0.25) is 14.7 Å². The molecule has 0 bridgehead atoms. The van der Waals surface area contributed by atoms with Crippen molar-refractivity contribution in [2.45, 2.75) is 82.6 Å². The summed E-state index contributed by atoms with van der Waals surface area (Å²) >= 11 is 0. The van der Waals surface area contributed by atoms with Gasteiger partial charge in [0, 0.05) is 37.7 Å². The molecule has 0 amide bonds. The second kappa shape index (κ2) is 13.1. The first-order chi connectivity index (χ1) is 18.6. The molecule has 5 rings (SSSR count). The lowest BCUT2D eigenvalue weighted by Crippen LogP contribution is -2.34. The molecule has 2 fully saturated rings. The third-order valence-electron chi connectivity index (χ3n) is 7.96. The molecular formula is C30H39FN2O5. The van der Waals surface area contributed by atoms with Gasteiger partial charge in [-0.15, -0.1) is 0 Å².